The molecule has 6 nitrogen and oxygen atoms in total. The lowest BCUT2D eigenvalue weighted by atomic mass is 9.92. The topological polar surface area (TPSA) is 81.7 Å². The molecule has 3 aromatic rings. The summed E-state index contributed by atoms with van der Waals surface area (Å²) in [6, 6.07) is 6.89. The van der Waals surface area contributed by atoms with Crippen molar-refractivity contribution in [3.05, 3.63) is 64.7 Å². The molecule has 1 atom stereocenters. The molecule has 2 aromatic heterocycles. The fraction of sp³-hybridized carbons (Fsp3) is 0.350. The number of hydrogen-bond donors (Lipinski definition) is 2. The second-order valence-electron chi connectivity index (χ2n) is 7.08. The Labute approximate surface area is 153 Å². The Bertz CT molecular complexity index is 892. The lowest BCUT2D eigenvalue weighted by Crippen LogP contribution is -2.25. The number of nitrogen functional groups attached to an aromatic ring is 1. The van der Waals surface area contributed by atoms with Crippen LogP contribution in [0.25, 0.3) is 5.69 Å². The number of anilines is 1. The largest absolute Gasteiger partial charge is 0.368 e. The summed E-state index contributed by atoms with van der Waals surface area (Å²) in [4.78, 5) is 8.12. The highest BCUT2D eigenvalue weighted by atomic mass is 15.3. The second kappa shape index (κ2) is 6.88. The Balaban J connectivity index is 1.57. The maximum absolute atomic E-state index is 5.55. The fourth-order valence-electron chi connectivity index (χ4n) is 3.76. The Kier molecular flexibility index (Phi) is 4.42. The van der Waals surface area contributed by atoms with Crippen molar-refractivity contribution in [2.75, 3.05) is 5.73 Å². The highest BCUT2D eigenvalue weighted by Crippen LogP contribution is 2.31. The average Bonchev–Trinajstić information content (AvgIpc) is 3.05. The third kappa shape index (κ3) is 3.32. The van der Waals surface area contributed by atoms with E-state index in [0.29, 0.717) is 12.0 Å². The van der Waals surface area contributed by atoms with Gasteiger partial charge in [-0.15, -0.1) is 0 Å². The van der Waals surface area contributed by atoms with Crippen molar-refractivity contribution >= 4 is 5.95 Å². The van der Waals surface area contributed by atoms with Crippen LogP contribution in [-0.2, 0) is 13.0 Å². The third-order valence-corrected chi connectivity index (χ3v) is 4.91. The summed E-state index contributed by atoms with van der Waals surface area (Å²) in [5.41, 5.74) is 12.9. The molecule has 0 saturated carbocycles. The van der Waals surface area contributed by atoms with E-state index in [9.17, 15) is 0 Å². The molecular formula is C20H24N6. The van der Waals surface area contributed by atoms with Gasteiger partial charge in [0.25, 0.3) is 0 Å². The van der Waals surface area contributed by atoms with Crippen molar-refractivity contribution in [2.24, 2.45) is 0 Å². The normalized spacial score (nSPS) is 16.5. The monoisotopic (exact) mass is 348 g/mol. The SMILES string of the molecule is Cc1cc(C)cc(-n2ncc3c2CCC[C@H]3NCc2cnc(N)nc2)c1. The van der Waals surface area contributed by atoms with E-state index in [1.165, 1.54) is 22.4 Å². The first kappa shape index (κ1) is 16.7. The van der Waals surface area contributed by atoms with E-state index >= 15 is 0 Å². The van der Waals surface area contributed by atoms with Crippen LogP contribution in [0.5, 0.6) is 0 Å². The number of nitrogens with two attached hydrogens (primary N) is 1. The van der Waals surface area contributed by atoms with Crippen LogP contribution < -0.4 is 11.1 Å². The summed E-state index contributed by atoms with van der Waals surface area (Å²) >= 11 is 0. The lowest BCUT2D eigenvalue weighted by molar-refractivity contribution is 0.454. The van der Waals surface area contributed by atoms with Crippen LogP contribution in [0.2, 0.25) is 0 Å². The Morgan fingerprint density at radius 3 is 2.58 bits per heavy atom. The molecule has 0 fully saturated rings. The van der Waals surface area contributed by atoms with Gasteiger partial charge < -0.3 is 11.1 Å². The number of benzene rings is 1. The van der Waals surface area contributed by atoms with Crippen LogP contribution in [0, 0.1) is 13.8 Å². The molecule has 3 N–H and O–H groups in total. The molecule has 2 heterocycles. The van der Waals surface area contributed by atoms with Gasteiger partial charge in [0.15, 0.2) is 0 Å². The number of fused-ring (bicyclic) bond motifs is 1. The van der Waals surface area contributed by atoms with E-state index in [1.54, 1.807) is 12.4 Å². The van der Waals surface area contributed by atoms with Gasteiger partial charge in [-0.3, -0.25) is 0 Å². The predicted octanol–water partition coefficient (Wildman–Crippen LogP) is 3.03. The summed E-state index contributed by atoms with van der Waals surface area (Å²) in [5, 5.41) is 8.33. The van der Waals surface area contributed by atoms with E-state index in [2.05, 4.69) is 52.0 Å². The van der Waals surface area contributed by atoms with E-state index in [1.807, 2.05) is 6.20 Å². The molecule has 0 bridgehead atoms. The van der Waals surface area contributed by atoms with Crippen LogP contribution >= 0.6 is 0 Å². The summed E-state index contributed by atoms with van der Waals surface area (Å²) < 4.78 is 2.11. The van der Waals surface area contributed by atoms with Gasteiger partial charge in [0.2, 0.25) is 5.95 Å². The molecule has 134 valence electrons. The number of nitrogens with one attached hydrogen (secondary N) is 1. The Morgan fingerprint density at radius 2 is 1.85 bits per heavy atom. The van der Waals surface area contributed by atoms with Gasteiger partial charge in [0.05, 0.1) is 11.9 Å². The Morgan fingerprint density at radius 1 is 1.12 bits per heavy atom. The van der Waals surface area contributed by atoms with Gasteiger partial charge in [-0.25, -0.2) is 14.6 Å². The van der Waals surface area contributed by atoms with Gasteiger partial charge in [-0.1, -0.05) is 6.07 Å². The molecule has 1 aliphatic rings. The smallest absolute Gasteiger partial charge is 0.219 e. The highest BCUT2D eigenvalue weighted by Gasteiger charge is 2.24. The first-order valence-electron chi connectivity index (χ1n) is 9.05. The molecular weight excluding hydrogens is 324 g/mol. The number of aryl methyl sites for hydroxylation is 2. The molecule has 1 aliphatic carbocycles. The molecule has 4 rings (SSSR count). The van der Waals surface area contributed by atoms with E-state index in [0.717, 1.165) is 37.1 Å². The maximum Gasteiger partial charge on any atom is 0.219 e. The lowest BCUT2D eigenvalue weighted by Gasteiger charge is -2.24. The minimum atomic E-state index is 0.302. The third-order valence-electron chi connectivity index (χ3n) is 4.91. The van der Waals surface area contributed by atoms with Crippen molar-refractivity contribution in [1.29, 1.82) is 0 Å². The number of nitrogens with zero attached hydrogens (tertiary/aromatic N) is 4. The molecule has 6 heteroatoms. The van der Waals surface area contributed by atoms with Crippen molar-refractivity contribution < 1.29 is 0 Å². The van der Waals surface area contributed by atoms with Gasteiger partial charge in [-0.05, 0) is 56.4 Å². The van der Waals surface area contributed by atoms with Crippen molar-refractivity contribution in [1.82, 2.24) is 25.1 Å². The molecule has 0 spiro atoms. The van der Waals surface area contributed by atoms with E-state index < -0.39 is 0 Å². The molecule has 1 aromatic carbocycles. The highest BCUT2D eigenvalue weighted by molar-refractivity contribution is 5.42. The zero-order valence-corrected chi connectivity index (χ0v) is 15.2. The molecule has 0 unspecified atom stereocenters. The summed E-state index contributed by atoms with van der Waals surface area (Å²) in [6.45, 7) is 4.98. The van der Waals surface area contributed by atoms with Gasteiger partial charge in [0.1, 0.15) is 0 Å². The van der Waals surface area contributed by atoms with Crippen LogP contribution in [0.1, 0.15) is 46.8 Å². The average molecular weight is 348 g/mol. The van der Waals surface area contributed by atoms with Crippen LogP contribution in [0.15, 0.2) is 36.8 Å². The molecule has 0 saturated heterocycles. The first-order chi connectivity index (χ1) is 12.6. The molecule has 0 aliphatic heterocycles. The minimum Gasteiger partial charge on any atom is -0.368 e. The first-order valence-corrected chi connectivity index (χ1v) is 9.05. The van der Waals surface area contributed by atoms with Crippen LogP contribution in [0.3, 0.4) is 0 Å². The maximum atomic E-state index is 5.55. The van der Waals surface area contributed by atoms with Gasteiger partial charge in [-0.2, -0.15) is 5.10 Å². The summed E-state index contributed by atoms with van der Waals surface area (Å²) in [5.74, 6) is 0.309. The molecule has 0 radical (unpaired) electrons. The summed E-state index contributed by atoms with van der Waals surface area (Å²) in [7, 11) is 0. The predicted molar refractivity (Wildman–Crippen MR) is 102 cm³/mol. The van der Waals surface area contributed by atoms with Crippen LogP contribution in [-0.4, -0.2) is 19.7 Å². The van der Waals surface area contributed by atoms with Crippen molar-refractivity contribution in [2.45, 2.75) is 45.7 Å². The van der Waals surface area contributed by atoms with Crippen LogP contribution in [0.4, 0.5) is 5.95 Å². The van der Waals surface area contributed by atoms with Gasteiger partial charge in [0, 0.05) is 41.8 Å². The van der Waals surface area contributed by atoms with Crippen molar-refractivity contribution in [3.63, 3.8) is 0 Å². The van der Waals surface area contributed by atoms with Gasteiger partial charge >= 0.3 is 0 Å². The zero-order chi connectivity index (χ0) is 18.1. The Hall–Kier alpha value is -2.73. The van der Waals surface area contributed by atoms with E-state index in [-0.39, 0.29) is 0 Å². The number of rotatable bonds is 4. The number of aromatic nitrogens is 4. The van der Waals surface area contributed by atoms with Crippen molar-refractivity contribution in [3.8, 4) is 5.69 Å². The standard InChI is InChI=1S/C20H24N6/c1-13-6-14(2)8-16(7-13)26-19-5-3-4-18(17(19)12-25-26)22-9-15-10-23-20(21)24-11-15/h6-8,10-12,18,22H,3-5,9H2,1-2H3,(H2,21,23,24)/t18-/m1/s1. The minimum absolute atomic E-state index is 0.302. The molecule has 26 heavy (non-hydrogen) atoms. The zero-order valence-electron chi connectivity index (χ0n) is 15.2. The number of hydrogen-bond acceptors (Lipinski definition) is 5. The quantitative estimate of drug-likeness (QED) is 0.757. The second-order valence-corrected chi connectivity index (χ2v) is 7.08. The molecule has 0 amide bonds. The summed E-state index contributed by atoms with van der Waals surface area (Å²) in [6.07, 6.45) is 8.89. The van der Waals surface area contributed by atoms with E-state index in [4.69, 9.17) is 10.8 Å². The fourth-order valence-corrected chi connectivity index (χ4v) is 3.76.